The summed E-state index contributed by atoms with van der Waals surface area (Å²) in [6, 6.07) is 0.820. The molecule has 3 saturated carbocycles. The van der Waals surface area contributed by atoms with Crippen LogP contribution in [0.5, 0.6) is 0 Å². The summed E-state index contributed by atoms with van der Waals surface area (Å²) in [5.41, 5.74) is 1.66. The summed E-state index contributed by atoms with van der Waals surface area (Å²) in [6.07, 6.45) is 10.3. The van der Waals surface area contributed by atoms with E-state index in [1.165, 1.54) is 44.3 Å². The predicted octanol–water partition coefficient (Wildman–Crippen LogP) is 1.53. The molecule has 1 aromatic heterocycles. The second-order valence-corrected chi connectivity index (χ2v) is 6.88. The smallest absolute Gasteiger partial charge is 0.0833 e. The second-order valence-electron chi connectivity index (χ2n) is 6.88. The SMILES string of the molecule is Cn1cc(CC2(CNC3CC3)CC3CC3C2)nn1. The van der Waals surface area contributed by atoms with Crippen LogP contribution in [0.4, 0.5) is 0 Å². The van der Waals surface area contributed by atoms with Crippen LogP contribution < -0.4 is 5.32 Å². The molecule has 0 bridgehead atoms. The van der Waals surface area contributed by atoms with Gasteiger partial charge in [-0.15, -0.1) is 5.10 Å². The van der Waals surface area contributed by atoms with Gasteiger partial charge in [0.2, 0.25) is 0 Å². The minimum atomic E-state index is 0.478. The first-order valence-electron chi connectivity index (χ1n) is 7.31. The number of hydrogen-bond donors (Lipinski definition) is 1. The van der Waals surface area contributed by atoms with Crippen LogP contribution in [-0.4, -0.2) is 27.6 Å². The monoisotopic (exact) mass is 246 g/mol. The summed E-state index contributed by atoms with van der Waals surface area (Å²) in [7, 11) is 1.96. The maximum Gasteiger partial charge on any atom is 0.0833 e. The lowest BCUT2D eigenvalue weighted by molar-refractivity contribution is 0.245. The molecule has 0 aliphatic heterocycles. The van der Waals surface area contributed by atoms with Crippen molar-refractivity contribution in [2.75, 3.05) is 6.54 Å². The Morgan fingerprint density at radius 2 is 2.17 bits per heavy atom. The van der Waals surface area contributed by atoms with Crippen LogP contribution in [0.15, 0.2) is 6.20 Å². The van der Waals surface area contributed by atoms with Gasteiger partial charge in [0.15, 0.2) is 0 Å². The van der Waals surface area contributed by atoms with E-state index < -0.39 is 0 Å². The van der Waals surface area contributed by atoms with Gasteiger partial charge in [0.05, 0.1) is 5.69 Å². The molecular formula is C14H22N4. The number of nitrogens with one attached hydrogen (secondary N) is 1. The van der Waals surface area contributed by atoms with E-state index in [0.717, 1.165) is 24.3 Å². The minimum Gasteiger partial charge on any atom is -0.313 e. The van der Waals surface area contributed by atoms with Gasteiger partial charge in [-0.2, -0.15) is 0 Å². The Balaban J connectivity index is 1.47. The van der Waals surface area contributed by atoms with Crippen molar-refractivity contribution in [3.63, 3.8) is 0 Å². The van der Waals surface area contributed by atoms with Crippen LogP contribution in [0.25, 0.3) is 0 Å². The summed E-state index contributed by atoms with van der Waals surface area (Å²) in [5.74, 6) is 2.06. The first-order chi connectivity index (χ1) is 8.72. The second kappa shape index (κ2) is 3.80. The van der Waals surface area contributed by atoms with Crippen molar-refractivity contribution in [3.8, 4) is 0 Å². The highest BCUT2D eigenvalue weighted by Crippen LogP contribution is 2.60. The predicted molar refractivity (Wildman–Crippen MR) is 69.0 cm³/mol. The number of fused-ring (bicyclic) bond motifs is 1. The van der Waals surface area contributed by atoms with Crippen LogP contribution in [0.2, 0.25) is 0 Å². The summed E-state index contributed by atoms with van der Waals surface area (Å²) in [4.78, 5) is 0. The molecule has 18 heavy (non-hydrogen) atoms. The lowest BCUT2D eigenvalue weighted by Gasteiger charge is -2.30. The third-order valence-electron chi connectivity index (χ3n) is 5.01. The van der Waals surface area contributed by atoms with Crippen molar-refractivity contribution < 1.29 is 0 Å². The first kappa shape index (κ1) is 11.0. The largest absolute Gasteiger partial charge is 0.313 e. The normalized spacial score (nSPS) is 37.8. The van der Waals surface area contributed by atoms with Crippen LogP contribution in [0.3, 0.4) is 0 Å². The van der Waals surface area contributed by atoms with E-state index in [1.54, 1.807) is 0 Å². The Bertz CT molecular complexity index is 438. The molecule has 1 aromatic rings. The molecule has 0 spiro atoms. The van der Waals surface area contributed by atoms with Crippen molar-refractivity contribution >= 4 is 0 Å². The van der Waals surface area contributed by atoms with Gasteiger partial charge in [0.25, 0.3) is 0 Å². The van der Waals surface area contributed by atoms with Crippen molar-refractivity contribution in [2.45, 2.75) is 44.6 Å². The van der Waals surface area contributed by atoms with Gasteiger partial charge < -0.3 is 5.32 Å². The summed E-state index contributed by atoms with van der Waals surface area (Å²) >= 11 is 0. The molecule has 0 aromatic carbocycles. The Morgan fingerprint density at radius 3 is 2.78 bits per heavy atom. The van der Waals surface area contributed by atoms with E-state index in [-0.39, 0.29) is 0 Å². The van der Waals surface area contributed by atoms with Crippen LogP contribution >= 0.6 is 0 Å². The third kappa shape index (κ3) is 2.07. The van der Waals surface area contributed by atoms with Crippen molar-refractivity contribution in [3.05, 3.63) is 11.9 Å². The number of aromatic nitrogens is 3. The average molecular weight is 246 g/mol. The Hall–Kier alpha value is -0.900. The summed E-state index contributed by atoms with van der Waals surface area (Å²) in [6.45, 7) is 1.20. The number of nitrogens with zero attached hydrogens (tertiary/aromatic N) is 3. The first-order valence-corrected chi connectivity index (χ1v) is 7.31. The highest BCUT2D eigenvalue weighted by molar-refractivity contribution is 5.09. The Labute approximate surface area is 108 Å². The molecule has 4 nitrogen and oxygen atoms in total. The summed E-state index contributed by atoms with van der Waals surface area (Å²) in [5, 5.41) is 12.1. The molecule has 0 saturated heterocycles. The van der Waals surface area contributed by atoms with E-state index in [2.05, 4.69) is 21.8 Å². The van der Waals surface area contributed by atoms with Gasteiger partial charge in [0.1, 0.15) is 0 Å². The molecule has 4 rings (SSSR count). The number of aryl methyl sites for hydroxylation is 1. The zero-order valence-corrected chi connectivity index (χ0v) is 11.1. The van der Waals surface area contributed by atoms with Crippen LogP contribution in [0.1, 0.15) is 37.8 Å². The van der Waals surface area contributed by atoms with E-state index >= 15 is 0 Å². The molecule has 2 atom stereocenters. The minimum absolute atomic E-state index is 0.478. The standard InChI is InChI=1S/C14H22N4/c1-18-8-13(16-17-18)7-14(9-15-12-2-3-12)5-10-4-11(10)6-14/h8,10-12,15H,2-7,9H2,1H3. The van der Waals surface area contributed by atoms with Crippen LogP contribution in [-0.2, 0) is 13.5 Å². The van der Waals surface area contributed by atoms with Crippen molar-refractivity contribution in [1.82, 2.24) is 20.3 Å². The fourth-order valence-corrected chi connectivity index (χ4v) is 3.87. The van der Waals surface area contributed by atoms with E-state index in [1.807, 2.05) is 11.7 Å². The molecule has 3 fully saturated rings. The van der Waals surface area contributed by atoms with Crippen LogP contribution in [0, 0.1) is 17.3 Å². The Morgan fingerprint density at radius 1 is 1.39 bits per heavy atom. The third-order valence-corrected chi connectivity index (χ3v) is 5.01. The molecule has 1 N–H and O–H groups in total. The molecule has 98 valence electrons. The maximum absolute atomic E-state index is 4.29. The topological polar surface area (TPSA) is 42.7 Å². The molecular weight excluding hydrogens is 224 g/mol. The molecule has 2 unspecified atom stereocenters. The van der Waals surface area contributed by atoms with Gasteiger partial charge in [0, 0.05) is 25.8 Å². The molecule has 0 radical (unpaired) electrons. The zero-order chi connectivity index (χ0) is 12.2. The molecule has 3 aliphatic rings. The van der Waals surface area contributed by atoms with Gasteiger partial charge in [-0.25, -0.2) is 0 Å². The quantitative estimate of drug-likeness (QED) is 0.856. The molecule has 4 heteroatoms. The van der Waals surface area contributed by atoms with E-state index in [0.29, 0.717) is 5.41 Å². The zero-order valence-electron chi connectivity index (χ0n) is 11.1. The number of rotatable bonds is 5. The fraction of sp³-hybridized carbons (Fsp3) is 0.857. The van der Waals surface area contributed by atoms with Gasteiger partial charge in [-0.1, -0.05) is 5.21 Å². The highest BCUT2D eigenvalue weighted by atomic mass is 15.4. The lowest BCUT2D eigenvalue weighted by Crippen LogP contribution is -2.36. The van der Waals surface area contributed by atoms with Gasteiger partial charge >= 0.3 is 0 Å². The van der Waals surface area contributed by atoms with Crippen molar-refractivity contribution in [2.24, 2.45) is 24.3 Å². The number of hydrogen-bond acceptors (Lipinski definition) is 3. The van der Waals surface area contributed by atoms with E-state index in [4.69, 9.17) is 0 Å². The molecule has 1 heterocycles. The average Bonchev–Trinajstić information content (AvgIpc) is 3.23. The van der Waals surface area contributed by atoms with Gasteiger partial charge in [-0.05, 0) is 55.8 Å². The maximum atomic E-state index is 4.29. The molecule has 3 aliphatic carbocycles. The summed E-state index contributed by atoms with van der Waals surface area (Å²) < 4.78 is 1.83. The fourth-order valence-electron chi connectivity index (χ4n) is 3.87. The lowest BCUT2D eigenvalue weighted by atomic mass is 9.78. The molecule has 0 amide bonds. The van der Waals surface area contributed by atoms with E-state index in [9.17, 15) is 0 Å². The van der Waals surface area contributed by atoms with Crippen molar-refractivity contribution in [1.29, 1.82) is 0 Å². The van der Waals surface area contributed by atoms with Gasteiger partial charge in [-0.3, -0.25) is 4.68 Å². The highest BCUT2D eigenvalue weighted by Gasteiger charge is 2.53. The Kier molecular flexibility index (Phi) is 2.31.